The Bertz CT molecular complexity index is 594. The van der Waals surface area contributed by atoms with Crippen molar-refractivity contribution in [1.29, 1.82) is 0 Å². The zero-order valence-electron chi connectivity index (χ0n) is 14.1. The summed E-state index contributed by atoms with van der Waals surface area (Å²) in [4.78, 5) is 0. The average Bonchev–Trinajstić information content (AvgIpc) is 3.09. The molecule has 1 aromatic carbocycles. The van der Waals surface area contributed by atoms with Gasteiger partial charge in [0.1, 0.15) is 5.69 Å². The van der Waals surface area contributed by atoms with Gasteiger partial charge in [-0.3, -0.25) is 4.72 Å². The molecule has 0 aliphatic rings. The molecule has 3 N–H and O–H groups in total. The highest BCUT2D eigenvalue weighted by atomic mass is 32.1. The van der Waals surface area contributed by atoms with Gasteiger partial charge in [0.2, 0.25) is 0 Å². The Balaban J connectivity index is 1.52. The molecule has 0 fully saturated rings. The number of rotatable bonds is 13. The quantitative estimate of drug-likeness (QED) is 0.276. The van der Waals surface area contributed by atoms with Crippen LogP contribution in [0.3, 0.4) is 0 Å². The maximum absolute atomic E-state index is 5.68. The normalized spacial score (nSPS) is 11.1. The van der Waals surface area contributed by atoms with Gasteiger partial charge in [0.05, 0.1) is 52.4 Å². The van der Waals surface area contributed by atoms with E-state index in [1.807, 2.05) is 30.5 Å². The van der Waals surface area contributed by atoms with Crippen LogP contribution >= 0.6 is 12.8 Å². The van der Waals surface area contributed by atoms with E-state index in [9.17, 15) is 0 Å². The molecular formula is C16H25N5O3S. The van der Waals surface area contributed by atoms with E-state index in [2.05, 4.69) is 27.8 Å². The van der Waals surface area contributed by atoms with E-state index in [0.717, 1.165) is 16.9 Å². The summed E-state index contributed by atoms with van der Waals surface area (Å²) >= 11 is 3.87. The predicted molar refractivity (Wildman–Crippen MR) is 99.3 cm³/mol. The van der Waals surface area contributed by atoms with Crippen LogP contribution in [0.25, 0.3) is 11.3 Å². The first-order valence-electron chi connectivity index (χ1n) is 8.16. The number of hydrogen-bond acceptors (Lipinski definition) is 8. The zero-order chi connectivity index (χ0) is 17.7. The van der Waals surface area contributed by atoms with E-state index < -0.39 is 0 Å². The molecule has 0 atom stereocenters. The number of nitrogens with two attached hydrogens (primary N) is 1. The van der Waals surface area contributed by atoms with Gasteiger partial charge in [0.25, 0.3) is 0 Å². The highest BCUT2D eigenvalue weighted by Gasteiger charge is 2.03. The van der Waals surface area contributed by atoms with Gasteiger partial charge in [-0.25, -0.2) is 4.68 Å². The summed E-state index contributed by atoms with van der Waals surface area (Å²) < 4.78 is 20.7. The first-order valence-corrected chi connectivity index (χ1v) is 8.60. The molecule has 8 nitrogen and oxygen atoms in total. The van der Waals surface area contributed by atoms with Crippen LogP contribution in [0.1, 0.15) is 0 Å². The fourth-order valence-electron chi connectivity index (χ4n) is 2.01. The van der Waals surface area contributed by atoms with Gasteiger partial charge in [-0.15, -0.1) is 5.10 Å². The molecule has 1 heterocycles. The summed E-state index contributed by atoms with van der Waals surface area (Å²) in [6, 6.07) is 7.55. The van der Waals surface area contributed by atoms with Crippen LogP contribution < -0.4 is 10.5 Å². The molecule has 0 unspecified atom stereocenters. The molecule has 0 radical (unpaired) electrons. The van der Waals surface area contributed by atoms with Crippen molar-refractivity contribution >= 4 is 18.5 Å². The maximum atomic E-state index is 5.68. The monoisotopic (exact) mass is 367 g/mol. The predicted octanol–water partition coefficient (Wildman–Crippen LogP) is 1.01. The van der Waals surface area contributed by atoms with Crippen molar-refractivity contribution in [2.45, 2.75) is 6.54 Å². The lowest BCUT2D eigenvalue weighted by Crippen LogP contribution is -2.15. The molecular weight excluding hydrogens is 342 g/mol. The second kappa shape index (κ2) is 11.8. The highest BCUT2D eigenvalue weighted by Crippen LogP contribution is 2.17. The van der Waals surface area contributed by atoms with Crippen molar-refractivity contribution in [3.05, 3.63) is 30.5 Å². The molecule has 0 saturated heterocycles. The molecule has 0 bridgehead atoms. The molecule has 0 amide bonds. The van der Waals surface area contributed by atoms with Crippen LogP contribution in [0.4, 0.5) is 5.69 Å². The number of anilines is 1. The van der Waals surface area contributed by atoms with Gasteiger partial charge in [-0.2, -0.15) is 0 Å². The third kappa shape index (κ3) is 7.84. The summed E-state index contributed by atoms with van der Waals surface area (Å²) in [5, 5.41) is 8.25. The molecule has 138 valence electrons. The van der Waals surface area contributed by atoms with Crippen LogP contribution in [0.5, 0.6) is 0 Å². The number of benzene rings is 1. The van der Waals surface area contributed by atoms with E-state index in [1.165, 1.54) is 0 Å². The molecule has 0 spiro atoms. The summed E-state index contributed by atoms with van der Waals surface area (Å²) in [5.41, 5.74) is 8.22. The zero-order valence-corrected chi connectivity index (χ0v) is 15.0. The first kappa shape index (κ1) is 19.7. The lowest BCUT2D eigenvalue weighted by atomic mass is 10.1. The Morgan fingerprint density at radius 3 is 2.28 bits per heavy atom. The van der Waals surface area contributed by atoms with Crippen molar-refractivity contribution in [1.82, 2.24) is 19.7 Å². The molecule has 9 heteroatoms. The van der Waals surface area contributed by atoms with Crippen LogP contribution in [0.2, 0.25) is 0 Å². The molecule has 0 aliphatic carbocycles. The second-order valence-electron chi connectivity index (χ2n) is 5.23. The Kier molecular flexibility index (Phi) is 9.31. The minimum atomic E-state index is 0.539. The first-order chi connectivity index (χ1) is 12.3. The Morgan fingerprint density at radius 1 is 0.960 bits per heavy atom. The van der Waals surface area contributed by atoms with Crippen LogP contribution in [-0.2, 0) is 20.8 Å². The topological polar surface area (TPSA) is 96.5 Å². The summed E-state index contributed by atoms with van der Waals surface area (Å²) in [6.45, 7) is 4.75. The van der Waals surface area contributed by atoms with Crippen molar-refractivity contribution in [3.63, 3.8) is 0 Å². The number of hydrogen-bond donors (Lipinski definition) is 3. The molecule has 2 rings (SSSR count). The SMILES string of the molecule is Nc1ccc(-c2cn(CCOCCOCCOCCNS)nn2)cc1. The van der Waals surface area contributed by atoms with Crippen molar-refractivity contribution < 1.29 is 14.2 Å². The highest BCUT2D eigenvalue weighted by molar-refractivity contribution is 7.78. The van der Waals surface area contributed by atoms with E-state index >= 15 is 0 Å². The summed E-state index contributed by atoms with van der Waals surface area (Å²) in [5.74, 6) is 0. The van der Waals surface area contributed by atoms with Gasteiger partial charge in [-0.1, -0.05) is 30.2 Å². The van der Waals surface area contributed by atoms with Gasteiger partial charge in [0.15, 0.2) is 0 Å². The smallest absolute Gasteiger partial charge is 0.113 e. The molecule has 0 aliphatic heterocycles. The van der Waals surface area contributed by atoms with Crippen LogP contribution in [0.15, 0.2) is 30.5 Å². The lowest BCUT2D eigenvalue weighted by molar-refractivity contribution is 0.0138. The number of nitrogens with zero attached hydrogens (tertiary/aromatic N) is 3. The molecule has 25 heavy (non-hydrogen) atoms. The van der Waals surface area contributed by atoms with E-state index in [4.69, 9.17) is 19.9 Å². The fourth-order valence-corrected chi connectivity index (χ4v) is 2.10. The number of ether oxygens (including phenoxy) is 3. The Morgan fingerprint density at radius 2 is 1.60 bits per heavy atom. The van der Waals surface area contributed by atoms with Crippen molar-refractivity contribution in [2.75, 3.05) is 51.9 Å². The molecule has 0 saturated carbocycles. The standard InChI is InChI=1S/C16H25N5O3S/c17-15-3-1-14(2-4-15)16-13-21(20-19-16)6-8-23-10-12-24-11-9-22-7-5-18-25/h1-4,13,18,25H,5-12,17H2. The molecule has 2 aromatic rings. The Labute approximate surface area is 153 Å². The summed E-state index contributed by atoms with van der Waals surface area (Å²) in [6.07, 6.45) is 1.89. The van der Waals surface area contributed by atoms with Gasteiger partial charge < -0.3 is 19.9 Å². The number of thiol groups is 1. The summed E-state index contributed by atoms with van der Waals surface area (Å²) in [7, 11) is 0. The van der Waals surface area contributed by atoms with Crippen LogP contribution in [-0.4, -0.2) is 61.2 Å². The Hall–Kier alpha value is -1.65. The van der Waals surface area contributed by atoms with E-state index in [0.29, 0.717) is 52.7 Å². The van der Waals surface area contributed by atoms with Gasteiger partial charge in [0, 0.05) is 17.8 Å². The minimum absolute atomic E-state index is 0.539. The van der Waals surface area contributed by atoms with E-state index in [-0.39, 0.29) is 0 Å². The third-order valence-corrected chi connectivity index (χ3v) is 3.54. The molecule has 1 aromatic heterocycles. The fraction of sp³-hybridized carbons (Fsp3) is 0.500. The van der Waals surface area contributed by atoms with Gasteiger partial charge >= 0.3 is 0 Å². The minimum Gasteiger partial charge on any atom is -0.399 e. The van der Waals surface area contributed by atoms with Crippen molar-refractivity contribution in [3.8, 4) is 11.3 Å². The number of nitrogens with one attached hydrogen (secondary N) is 1. The van der Waals surface area contributed by atoms with Crippen LogP contribution in [0, 0.1) is 0 Å². The third-order valence-electron chi connectivity index (χ3n) is 3.31. The largest absolute Gasteiger partial charge is 0.399 e. The van der Waals surface area contributed by atoms with E-state index in [1.54, 1.807) is 4.68 Å². The maximum Gasteiger partial charge on any atom is 0.113 e. The van der Waals surface area contributed by atoms with Gasteiger partial charge in [-0.05, 0) is 12.1 Å². The number of aromatic nitrogens is 3. The van der Waals surface area contributed by atoms with Crippen molar-refractivity contribution in [2.24, 2.45) is 0 Å². The lowest BCUT2D eigenvalue weighted by Gasteiger charge is -2.06. The second-order valence-corrected chi connectivity index (χ2v) is 5.55. The number of nitrogen functional groups attached to an aromatic ring is 1. The average molecular weight is 367 g/mol.